The summed E-state index contributed by atoms with van der Waals surface area (Å²) in [4.78, 5) is 2.54. The van der Waals surface area contributed by atoms with E-state index in [1.54, 1.807) is 13.2 Å². The van der Waals surface area contributed by atoms with E-state index in [-0.39, 0.29) is 5.82 Å². The minimum atomic E-state index is -0.145. The van der Waals surface area contributed by atoms with Crippen molar-refractivity contribution in [2.24, 2.45) is 5.92 Å². The summed E-state index contributed by atoms with van der Waals surface area (Å²) in [5.41, 5.74) is 2.42. The molecule has 0 unspecified atom stereocenters. The minimum Gasteiger partial charge on any atom is -0.497 e. The van der Waals surface area contributed by atoms with E-state index in [0.29, 0.717) is 5.92 Å². The van der Waals surface area contributed by atoms with Crippen molar-refractivity contribution < 1.29 is 9.13 Å². The largest absolute Gasteiger partial charge is 0.497 e. The number of hydrogen-bond donors (Lipinski definition) is 0. The van der Waals surface area contributed by atoms with Gasteiger partial charge in [-0.3, -0.25) is 0 Å². The van der Waals surface area contributed by atoms with Gasteiger partial charge in [0.05, 0.1) is 7.11 Å². The Morgan fingerprint density at radius 2 is 1.96 bits per heavy atom. The van der Waals surface area contributed by atoms with Crippen molar-refractivity contribution in [3.8, 4) is 5.75 Å². The number of halogens is 2. The zero-order chi connectivity index (χ0) is 17.6. The molecule has 2 aromatic carbocycles. The monoisotopic (exact) mass is 405 g/mol. The molecule has 1 aliphatic rings. The first-order valence-corrected chi connectivity index (χ1v) is 9.72. The summed E-state index contributed by atoms with van der Waals surface area (Å²) in [7, 11) is 1.71. The summed E-state index contributed by atoms with van der Waals surface area (Å²) in [6.07, 6.45) is 4.38. The number of likely N-dealkylation sites (tertiary alicyclic amines) is 1. The van der Waals surface area contributed by atoms with E-state index in [4.69, 9.17) is 4.74 Å². The van der Waals surface area contributed by atoms with E-state index in [0.717, 1.165) is 48.3 Å². The van der Waals surface area contributed by atoms with Crippen molar-refractivity contribution in [2.45, 2.75) is 25.7 Å². The van der Waals surface area contributed by atoms with Crippen molar-refractivity contribution in [2.75, 3.05) is 26.7 Å². The van der Waals surface area contributed by atoms with Crippen molar-refractivity contribution in [3.05, 3.63) is 63.9 Å². The molecule has 0 radical (unpaired) electrons. The van der Waals surface area contributed by atoms with Crippen molar-refractivity contribution in [1.29, 1.82) is 0 Å². The minimum absolute atomic E-state index is 0.145. The molecule has 3 rings (SSSR count). The number of piperidine rings is 1. The molecule has 0 bridgehead atoms. The van der Waals surface area contributed by atoms with Gasteiger partial charge in [0, 0.05) is 11.0 Å². The number of methoxy groups -OCH3 is 1. The molecule has 0 amide bonds. The highest BCUT2D eigenvalue weighted by molar-refractivity contribution is 9.10. The van der Waals surface area contributed by atoms with Crippen molar-refractivity contribution >= 4 is 15.9 Å². The van der Waals surface area contributed by atoms with Gasteiger partial charge in [0.1, 0.15) is 11.6 Å². The van der Waals surface area contributed by atoms with Gasteiger partial charge in [-0.25, -0.2) is 4.39 Å². The second-order valence-corrected chi connectivity index (χ2v) is 7.68. The lowest BCUT2D eigenvalue weighted by Gasteiger charge is -2.32. The smallest absolute Gasteiger partial charge is 0.123 e. The molecule has 1 heterocycles. The van der Waals surface area contributed by atoms with Crippen LogP contribution < -0.4 is 4.74 Å². The van der Waals surface area contributed by atoms with Gasteiger partial charge in [0.25, 0.3) is 0 Å². The molecular formula is C21H25BrFNO. The standard InChI is InChI=1S/C21H25BrFNO/c1-25-20-4-2-3-16(14-20)7-10-24-11-8-17(9-12-24)13-18-15-19(23)5-6-21(18)22/h2-6,14-15,17H,7-13H2,1H3. The summed E-state index contributed by atoms with van der Waals surface area (Å²) < 4.78 is 19.8. The average molecular weight is 406 g/mol. The van der Waals surface area contributed by atoms with Crippen molar-refractivity contribution in [3.63, 3.8) is 0 Å². The van der Waals surface area contributed by atoms with E-state index in [1.165, 1.54) is 24.5 Å². The molecule has 2 aromatic rings. The third kappa shape index (κ3) is 5.29. The van der Waals surface area contributed by atoms with E-state index in [9.17, 15) is 4.39 Å². The molecule has 1 saturated heterocycles. The van der Waals surface area contributed by atoms with E-state index < -0.39 is 0 Å². The third-order valence-electron chi connectivity index (χ3n) is 5.07. The highest BCUT2D eigenvalue weighted by Gasteiger charge is 2.20. The topological polar surface area (TPSA) is 12.5 Å². The Hall–Kier alpha value is -1.39. The van der Waals surface area contributed by atoms with Crippen LogP contribution in [-0.4, -0.2) is 31.6 Å². The number of hydrogen-bond acceptors (Lipinski definition) is 2. The fraction of sp³-hybridized carbons (Fsp3) is 0.429. The van der Waals surface area contributed by atoms with Crippen LogP contribution in [0.15, 0.2) is 46.9 Å². The number of ether oxygens (including phenoxy) is 1. The van der Waals surface area contributed by atoms with Gasteiger partial charge in [-0.15, -0.1) is 0 Å². The molecular weight excluding hydrogens is 381 g/mol. The molecule has 4 heteroatoms. The van der Waals surface area contributed by atoms with Crippen LogP contribution >= 0.6 is 15.9 Å². The lowest BCUT2D eigenvalue weighted by molar-refractivity contribution is 0.185. The van der Waals surface area contributed by atoms with E-state index >= 15 is 0 Å². The van der Waals surface area contributed by atoms with Gasteiger partial charge in [0.2, 0.25) is 0 Å². The SMILES string of the molecule is COc1cccc(CCN2CCC(Cc3cc(F)ccc3Br)CC2)c1. The molecule has 134 valence electrons. The molecule has 25 heavy (non-hydrogen) atoms. The summed E-state index contributed by atoms with van der Waals surface area (Å²) >= 11 is 3.54. The summed E-state index contributed by atoms with van der Waals surface area (Å²) in [5, 5.41) is 0. The first-order valence-electron chi connectivity index (χ1n) is 8.93. The van der Waals surface area contributed by atoms with Gasteiger partial charge in [-0.1, -0.05) is 28.1 Å². The lowest BCUT2D eigenvalue weighted by Crippen LogP contribution is -2.35. The Labute approximate surface area is 158 Å². The zero-order valence-corrected chi connectivity index (χ0v) is 16.3. The summed E-state index contributed by atoms with van der Waals surface area (Å²) in [6, 6.07) is 13.3. The van der Waals surface area contributed by atoms with Crippen LogP contribution in [0.1, 0.15) is 24.0 Å². The van der Waals surface area contributed by atoms with Crippen LogP contribution in [0.5, 0.6) is 5.75 Å². The maximum atomic E-state index is 13.4. The second-order valence-electron chi connectivity index (χ2n) is 6.83. The molecule has 0 aliphatic carbocycles. The molecule has 0 atom stereocenters. The van der Waals surface area contributed by atoms with Crippen molar-refractivity contribution in [1.82, 2.24) is 4.90 Å². The highest BCUT2D eigenvalue weighted by Crippen LogP contribution is 2.26. The average Bonchev–Trinajstić information content (AvgIpc) is 2.64. The predicted octanol–water partition coefficient (Wildman–Crippen LogP) is 5.09. The first-order chi connectivity index (χ1) is 12.1. The Morgan fingerprint density at radius 3 is 2.72 bits per heavy atom. The Morgan fingerprint density at radius 1 is 1.16 bits per heavy atom. The molecule has 0 spiro atoms. The van der Waals surface area contributed by atoms with Crippen LogP contribution in [0, 0.1) is 11.7 Å². The zero-order valence-electron chi connectivity index (χ0n) is 14.7. The number of nitrogens with zero attached hydrogens (tertiary/aromatic N) is 1. The van der Waals surface area contributed by atoms with Gasteiger partial charge in [-0.2, -0.15) is 0 Å². The highest BCUT2D eigenvalue weighted by atomic mass is 79.9. The fourth-order valence-electron chi connectivity index (χ4n) is 3.54. The normalized spacial score (nSPS) is 16.1. The Balaban J connectivity index is 1.46. The second kappa shape index (κ2) is 8.81. The number of rotatable bonds is 6. The fourth-order valence-corrected chi connectivity index (χ4v) is 3.95. The van der Waals surface area contributed by atoms with E-state index in [1.807, 2.05) is 12.1 Å². The molecule has 0 saturated carbocycles. The van der Waals surface area contributed by atoms with Crippen LogP contribution in [0.2, 0.25) is 0 Å². The van der Waals surface area contributed by atoms with Crippen LogP contribution in [-0.2, 0) is 12.8 Å². The molecule has 1 aliphatic heterocycles. The Kier molecular flexibility index (Phi) is 6.49. The van der Waals surface area contributed by atoms with E-state index in [2.05, 4.69) is 39.0 Å². The molecule has 1 fully saturated rings. The molecule has 0 aromatic heterocycles. The number of benzene rings is 2. The van der Waals surface area contributed by atoms with Gasteiger partial charge >= 0.3 is 0 Å². The summed E-state index contributed by atoms with van der Waals surface area (Å²) in [5.74, 6) is 1.43. The predicted molar refractivity (Wildman–Crippen MR) is 104 cm³/mol. The Bertz CT molecular complexity index is 698. The quantitative estimate of drug-likeness (QED) is 0.662. The molecule has 2 nitrogen and oxygen atoms in total. The van der Waals surface area contributed by atoms with Crippen LogP contribution in [0.4, 0.5) is 4.39 Å². The first kappa shape index (κ1) is 18.4. The third-order valence-corrected chi connectivity index (χ3v) is 5.85. The molecule has 0 N–H and O–H groups in total. The maximum absolute atomic E-state index is 13.4. The summed E-state index contributed by atoms with van der Waals surface area (Å²) in [6.45, 7) is 3.34. The van der Waals surface area contributed by atoms with Gasteiger partial charge in [0.15, 0.2) is 0 Å². The van der Waals surface area contributed by atoms with Gasteiger partial charge < -0.3 is 9.64 Å². The maximum Gasteiger partial charge on any atom is 0.123 e. The lowest BCUT2D eigenvalue weighted by atomic mass is 9.90. The van der Waals surface area contributed by atoms with Crippen LogP contribution in [0.25, 0.3) is 0 Å². The van der Waals surface area contributed by atoms with Crippen LogP contribution in [0.3, 0.4) is 0 Å². The van der Waals surface area contributed by atoms with Gasteiger partial charge in [-0.05, 0) is 86.1 Å².